The Hall–Kier alpha value is -5.50. The van der Waals surface area contributed by atoms with Crippen LogP contribution in [0, 0.1) is 0 Å². The monoisotopic (exact) mass is 530 g/mol. The van der Waals surface area contributed by atoms with E-state index in [9.17, 15) is 28.8 Å². The maximum absolute atomic E-state index is 14.0. The molecule has 0 heterocycles. The van der Waals surface area contributed by atoms with Gasteiger partial charge in [0, 0.05) is 44.5 Å². The molecule has 0 unspecified atom stereocenters. The molecule has 0 radical (unpaired) electrons. The Kier molecular flexibility index (Phi) is 5.62. The fourth-order valence-electron chi connectivity index (χ4n) is 5.38. The number of methoxy groups -OCH3 is 2. The minimum absolute atomic E-state index is 0.0112. The number of ether oxygens (including phenoxy) is 2. The summed E-state index contributed by atoms with van der Waals surface area (Å²) in [5, 5.41) is 0. The van der Waals surface area contributed by atoms with Crippen LogP contribution in [0.4, 0.5) is 0 Å². The molecule has 40 heavy (non-hydrogen) atoms. The van der Waals surface area contributed by atoms with Gasteiger partial charge in [-0.3, -0.25) is 28.8 Å². The SMILES string of the molecule is COc1cccc2c1C(=O)C=C(C1=C(C3=CC(=O)c4c(OC)cccc4C3=O)C(=O)c3ccccc3C1=O)C2=O. The fourth-order valence-corrected chi connectivity index (χ4v) is 5.38. The van der Waals surface area contributed by atoms with E-state index in [0.29, 0.717) is 0 Å². The lowest BCUT2D eigenvalue weighted by molar-refractivity contribution is 0.0947. The minimum Gasteiger partial charge on any atom is -0.496 e. The molecule has 194 valence electrons. The van der Waals surface area contributed by atoms with E-state index < -0.39 is 45.8 Å². The number of Topliss-reactive ketones (excluding diaryl/α,β-unsaturated/α-hetero) is 4. The zero-order chi connectivity index (χ0) is 28.3. The topological polar surface area (TPSA) is 121 Å². The molecule has 0 aromatic heterocycles. The van der Waals surface area contributed by atoms with Gasteiger partial charge in [-0.25, -0.2) is 0 Å². The van der Waals surface area contributed by atoms with E-state index in [2.05, 4.69) is 0 Å². The van der Waals surface area contributed by atoms with Gasteiger partial charge in [0.15, 0.2) is 34.7 Å². The summed E-state index contributed by atoms with van der Waals surface area (Å²) in [6, 6.07) is 14.9. The number of hydrogen-bond acceptors (Lipinski definition) is 8. The molecule has 3 aliphatic carbocycles. The third kappa shape index (κ3) is 3.39. The first-order valence-corrected chi connectivity index (χ1v) is 12.2. The molecule has 0 N–H and O–H groups in total. The Morgan fingerprint density at radius 1 is 0.450 bits per heavy atom. The lowest BCUT2D eigenvalue weighted by Crippen LogP contribution is -2.31. The molecular formula is C32H18O8. The van der Waals surface area contributed by atoms with Gasteiger partial charge in [-0.05, 0) is 24.3 Å². The molecule has 0 bridgehead atoms. The van der Waals surface area contributed by atoms with Gasteiger partial charge in [0.25, 0.3) is 0 Å². The summed E-state index contributed by atoms with van der Waals surface area (Å²) in [7, 11) is 2.72. The van der Waals surface area contributed by atoms with Crippen LogP contribution in [-0.2, 0) is 0 Å². The van der Waals surface area contributed by atoms with Gasteiger partial charge in [-0.2, -0.15) is 0 Å². The Bertz CT molecular complexity index is 1730. The normalized spacial score (nSPS) is 16.2. The minimum atomic E-state index is -0.721. The molecule has 0 amide bonds. The van der Waals surface area contributed by atoms with E-state index in [0.717, 1.165) is 12.2 Å². The van der Waals surface area contributed by atoms with E-state index >= 15 is 0 Å². The number of carbonyl (C=O) groups excluding carboxylic acids is 6. The van der Waals surface area contributed by atoms with E-state index in [4.69, 9.17) is 9.47 Å². The molecule has 0 fully saturated rings. The van der Waals surface area contributed by atoms with Gasteiger partial charge >= 0.3 is 0 Å². The number of rotatable bonds is 4. The zero-order valence-corrected chi connectivity index (χ0v) is 21.2. The van der Waals surface area contributed by atoms with Crippen molar-refractivity contribution in [2.24, 2.45) is 0 Å². The molecule has 3 aromatic carbocycles. The quantitative estimate of drug-likeness (QED) is 0.487. The summed E-state index contributed by atoms with van der Waals surface area (Å²) in [4.78, 5) is 82.0. The molecule has 6 rings (SSSR count). The Morgan fingerprint density at radius 3 is 1.20 bits per heavy atom. The Labute approximate surface area is 227 Å². The first-order chi connectivity index (χ1) is 19.3. The third-order valence-corrected chi connectivity index (χ3v) is 7.17. The van der Waals surface area contributed by atoms with Crippen molar-refractivity contribution < 1.29 is 38.2 Å². The second-order valence-corrected chi connectivity index (χ2v) is 9.22. The number of carbonyl (C=O) groups is 6. The van der Waals surface area contributed by atoms with Crippen molar-refractivity contribution in [1.82, 2.24) is 0 Å². The molecule has 3 aliphatic rings. The number of allylic oxidation sites excluding steroid dienone is 6. The first-order valence-electron chi connectivity index (χ1n) is 12.2. The highest BCUT2D eigenvalue weighted by molar-refractivity contribution is 6.40. The van der Waals surface area contributed by atoms with Gasteiger partial charge in [0.1, 0.15) is 11.5 Å². The van der Waals surface area contributed by atoms with Crippen LogP contribution in [0.3, 0.4) is 0 Å². The van der Waals surface area contributed by atoms with Crippen LogP contribution in [-0.4, -0.2) is 48.9 Å². The number of hydrogen-bond donors (Lipinski definition) is 0. The summed E-state index contributed by atoms with van der Waals surface area (Å²) in [6.07, 6.45) is 1.96. The highest BCUT2D eigenvalue weighted by Crippen LogP contribution is 2.41. The average molecular weight is 530 g/mol. The molecule has 0 saturated heterocycles. The maximum atomic E-state index is 14.0. The van der Waals surface area contributed by atoms with Gasteiger partial charge in [0.2, 0.25) is 0 Å². The summed E-state index contributed by atoms with van der Waals surface area (Å²) in [5.41, 5.74) is -1.44. The van der Waals surface area contributed by atoms with Crippen LogP contribution < -0.4 is 9.47 Å². The van der Waals surface area contributed by atoms with Crippen LogP contribution in [0.2, 0.25) is 0 Å². The summed E-state index contributed by atoms with van der Waals surface area (Å²) in [5.74, 6) is -3.69. The first kappa shape index (κ1) is 24.8. The summed E-state index contributed by atoms with van der Waals surface area (Å²) in [6.45, 7) is 0. The predicted octanol–water partition coefficient (Wildman–Crippen LogP) is 4.39. The Morgan fingerprint density at radius 2 is 0.825 bits per heavy atom. The third-order valence-electron chi connectivity index (χ3n) is 7.17. The molecule has 0 atom stereocenters. The van der Waals surface area contributed by atoms with Crippen LogP contribution in [0.25, 0.3) is 0 Å². The maximum Gasteiger partial charge on any atom is 0.195 e. The second-order valence-electron chi connectivity index (χ2n) is 9.22. The standard InChI is InChI=1S/C32H18O8/c1-39-23-11-5-9-17-25(23)21(33)13-19(29(17)35)27-28(32(38)16-8-4-3-7-15(16)31(27)37)20-14-22(34)26-18(30(20)36)10-6-12-24(26)40-2/h3-14H,1-2H3. The van der Waals surface area contributed by atoms with E-state index in [1.54, 1.807) is 12.1 Å². The molecule has 8 nitrogen and oxygen atoms in total. The second kappa shape index (κ2) is 9.06. The molecule has 0 spiro atoms. The zero-order valence-electron chi connectivity index (χ0n) is 21.2. The van der Waals surface area contributed by atoms with E-state index in [1.807, 2.05) is 0 Å². The van der Waals surface area contributed by atoms with Crippen LogP contribution in [0.1, 0.15) is 62.1 Å². The number of fused-ring (bicyclic) bond motifs is 3. The van der Waals surface area contributed by atoms with Crippen LogP contribution in [0.5, 0.6) is 11.5 Å². The predicted molar refractivity (Wildman–Crippen MR) is 142 cm³/mol. The van der Waals surface area contributed by atoms with Gasteiger partial charge in [-0.15, -0.1) is 0 Å². The van der Waals surface area contributed by atoms with Crippen molar-refractivity contribution in [3.05, 3.63) is 128 Å². The lowest BCUT2D eigenvalue weighted by Gasteiger charge is -2.27. The smallest absolute Gasteiger partial charge is 0.195 e. The van der Waals surface area contributed by atoms with Crippen LogP contribution in [0.15, 0.2) is 95.1 Å². The van der Waals surface area contributed by atoms with Crippen molar-refractivity contribution in [2.75, 3.05) is 14.2 Å². The Balaban J connectivity index is 1.64. The van der Waals surface area contributed by atoms with Crippen molar-refractivity contribution in [2.45, 2.75) is 0 Å². The average Bonchev–Trinajstić information content (AvgIpc) is 2.98. The van der Waals surface area contributed by atoms with Crippen LogP contribution >= 0.6 is 0 Å². The highest BCUT2D eigenvalue weighted by atomic mass is 16.5. The molecule has 8 heteroatoms. The molecule has 0 saturated carbocycles. The van der Waals surface area contributed by atoms with Gasteiger partial charge in [0.05, 0.1) is 25.3 Å². The van der Waals surface area contributed by atoms with E-state index in [-0.39, 0.29) is 56.0 Å². The molecule has 0 aliphatic heterocycles. The van der Waals surface area contributed by atoms with Gasteiger partial charge < -0.3 is 9.47 Å². The van der Waals surface area contributed by atoms with E-state index in [1.165, 1.54) is 62.8 Å². The lowest BCUT2D eigenvalue weighted by atomic mass is 9.72. The summed E-state index contributed by atoms with van der Waals surface area (Å²) >= 11 is 0. The molecular weight excluding hydrogens is 512 g/mol. The van der Waals surface area contributed by atoms with Crippen molar-refractivity contribution in [1.29, 1.82) is 0 Å². The van der Waals surface area contributed by atoms with Crippen molar-refractivity contribution in [3.8, 4) is 11.5 Å². The van der Waals surface area contributed by atoms with Crippen molar-refractivity contribution >= 4 is 34.7 Å². The molecule has 3 aromatic rings. The van der Waals surface area contributed by atoms with Crippen molar-refractivity contribution in [3.63, 3.8) is 0 Å². The number of ketones is 6. The number of benzene rings is 3. The van der Waals surface area contributed by atoms with Gasteiger partial charge in [-0.1, -0.05) is 48.5 Å². The summed E-state index contributed by atoms with van der Waals surface area (Å²) < 4.78 is 10.5. The highest BCUT2D eigenvalue weighted by Gasteiger charge is 2.43. The fraction of sp³-hybridized carbons (Fsp3) is 0.0625. The largest absolute Gasteiger partial charge is 0.496 e.